The Labute approximate surface area is 109 Å². The zero-order valence-electron chi connectivity index (χ0n) is 11.5. The fraction of sp³-hybridized carbons (Fsp3) is 0.923. The first kappa shape index (κ1) is 13.8. The Morgan fingerprint density at radius 1 is 1.28 bits per heavy atom. The molecule has 0 bridgehead atoms. The number of rotatable bonds is 5. The molecular formula is C13H25N3O2. The van der Waals surface area contributed by atoms with Gasteiger partial charge >= 0.3 is 5.97 Å². The molecule has 104 valence electrons. The van der Waals surface area contributed by atoms with Gasteiger partial charge in [-0.25, -0.2) is 0 Å². The van der Waals surface area contributed by atoms with Crippen molar-refractivity contribution in [3.63, 3.8) is 0 Å². The molecule has 18 heavy (non-hydrogen) atoms. The number of carbonyl (C=O) groups excluding carboxylic acids is 1. The van der Waals surface area contributed by atoms with E-state index in [0.717, 1.165) is 32.1 Å². The summed E-state index contributed by atoms with van der Waals surface area (Å²) in [6.07, 6.45) is 2.81. The molecule has 0 aromatic carbocycles. The predicted octanol–water partition coefficient (Wildman–Crippen LogP) is -0.0956. The Morgan fingerprint density at radius 3 is 2.33 bits per heavy atom. The zero-order chi connectivity index (χ0) is 13.2. The second-order valence-electron chi connectivity index (χ2n) is 5.93. The van der Waals surface area contributed by atoms with Gasteiger partial charge in [0.2, 0.25) is 0 Å². The number of methoxy groups -OCH3 is 1. The van der Waals surface area contributed by atoms with Crippen LogP contribution in [0.25, 0.3) is 0 Å². The first-order valence-corrected chi connectivity index (χ1v) is 6.83. The molecular weight excluding hydrogens is 230 g/mol. The molecule has 2 fully saturated rings. The maximum absolute atomic E-state index is 11.5. The Morgan fingerprint density at radius 2 is 1.83 bits per heavy atom. The highest BCUT2D eigenvalue weighted by atomic mass is 16.5. The third-order valence-electron chi connectivity index (χ3n) is 3.88. The molecule has 0 aromatic heterocycles. The van der Waals surface area contributed by atoms with Crippen LogP contribution in [0.4, 0.5) is 0 Å². The third kappa shape index (κ3) is 3.67. The summed E-state index contributed by atoms with van der Waals surface area (Å²) in [5, 5.41) is 0. The largest absolute Gasteiger partial charge is 0.468 e. The van der Waals surface area contributed by atoms with Crippen molar-refractivity contribution < 1.29 is 9.53 Å². The van der Waals surface area contributed by atoms with Gasteiger partial charge in [-0.2, -0.15) is 0 Å². The number of ether oxygens (including phenoxy) is 1. The average molecular weight is 255 g/mol. The van der Waals surface area contributed by atoms with Crippen molar-refractivity contribution in [3.8, 4) is 0 Å². The predicted molar refractivity (Wildman–Crippen MR) is 70.2 cm³/mol. The van der Waals surface area contributed by atoms with Crippen molar-refractivity contribution in [2.45, 2.75) is 25.3 Å². The van der Waals surface area contributed by atoms with Crippen molar-refractivity contribution >= 4 is 5.97 Å². The highest BCUT2D eigenvalue weighted by Crippen LogP contribution is 2.29. The topological polar surface area (TPSA) is 58.8 Å². The molecule has 1 saturated carbocycles. The number of hydrogen-bond donors (Lipinski definition) is 1. The second kappa shape index (κ2) is 5.55. The average Bonchev–Trinajstić information content (AvgIpc) is 3.14. The minimum Gasteiger partial charge on any atom is -0.468 e. The third-order valence-corrected chi connectivity index (χ3v) is 3.88. The summed E-state index contributed by atoms with van der Waals surface area (Å²) in [6.45, 7) is 7.76. The van der Waals surface area contributed by atoms with Gasteiger partial charge in [-0.15, -0.1) is 0 Å². The summed E-state index contributed by atoms with van der Waals surface area (Å²) in [7, 11) is 1.39. The van der Waals surface area contributed by atoms with Crippen LogP contribution >= 0.6 is 0 Å². The van der Waals surface area contributed by atoms with Crippen LogP contribution in [0.2, 0.25) is 0 Å². The fourth-order valence-electron chi connectivity index (χ4n) is 2.56. The second-order valence-corrected chi connectivity index (χ2v) is 5.93. The molecule has 1 aliphatic heterocycles. The summed E-state index contributed by atoms with van der Waals surface area (Å²) in [5.74, 6) is 0.620. The highest BCUT2D eigenvalue weighted by molar-refractivity contribution is 5.80. The van der Waals surface area contributed by atoms with E-state index in [0.29, 0.717) is 6.54 Å². The summed E-state index contributed by atoms with van der Waals surface area (Å²) < 4.78 is 4.74. The minimum atomic E-state index is -0.895. The summed E-state index contributed by atoms with van der Waals surface area (Å²) in [4.78, 5) is 16.3. The smallest absolute Gasteiger partial charge is 0.326 e. The molecule has 2 aliphatic rings. The molecule has 0 aromatic rings. The van der Waals surface area contributed by atoms with E-state index in [1.807, 2.05) is 0 Å². The van der Waals surface area contributed by atoms with E-state index >= 15 is 0 Å². The molecule has 1 unspecified atom stereocenters. The lowest BCUT2D eigenvalue weighted by Crippen LogP contribution is -2.58. The normalized spacial score (nSPS) is 25.7. The first-order chi connectivity index (χ1) is 8.51. The van der Waals surface area contributed by atoms with Crippen LogP contribution in [0, 0.1) is 5.92 Å². The molecule has 2 rings (SSSR count). The maximum Gasteiger partial charge on any atom is 0.326 e. The van der Waals surface area contributed by atoms with E-state index in [1.54, 1.807) is 6.92 Å². The monoisotopic (exact) mass is 255 g/mol. The van der Waals surface area contributed by atoms with Gasteiger partial charge in [-0.3, -0.25) is 9.69 Å². The standard InChI is InChI=1S/C13H25N3O2/c1-13(14,12(17)18-2)10-16-7-5-15(6-8-16)9-11-3-4-11/h11H,3-10,14H2,1-2H3. The minimum absolute atomic E-state index is 0.331. The van der Waals surface area contributed by atoms with Crippen LogP contribution in [-0.2, 0) is 9.53 Å². The highest BCUT2D eigenvalue weighted by Gasteiger charge is 2.33. The Bertz CT molecular complexity index is 295. The lowest BCUT2D eigenvalue weighted by Gasteiger charge is -2.37. The number of carbonyl (C=O) groups is 1. The SMILES string of the molecule is COC(=O)C(C)(N)CN1CCN(CC2CC2)CC1. The van der Waals surface area contributed by atoms with Gasteiger partial charge in [0.15, 0.2) is 0 Å². The van der Waals surface area contributed by atoms with Crippen LogP contribution < -0.4 is 5.73 Å². The molecule has 0 amide bonds. The molecule has 1 aliphatic carbocycles. The lowest BCUT2D eigenvalue weighted by molar-refractivity contribution is -0.147. The van der Waals surface area contributed by atoms with Crippen LogP contribution in [0.1, 0.15) is 19.8 Å². The van der Waals surface area contributed by atoms with E-state index < -0.39 is 5.54 Å². The van der Waals surface area contributed by atoms with E-state index in [4.69, 9.17) is 10.5 Å². The van der Waals surface area contributed by atoms with Crippen molar-refractivity contribution in [3.05, 3.63) is 0 Å². The van der Waals surface area contributed by atoms with Crippen molar-refractivity contribution in [2.75, 3.05) is 46.4 Å². The fourth-order valence-corrected chi connectivity index (χ4v) is 2.56. The van der Waals surface area contributed by atoms with Gasteiger partial charge < -0.3 is 15.4 Å². The molecule has 5 heteroatoms. The number of hydrogen-bond acceptors (Lipinski definition) is 5. The number of piperazine rings is 1. The van der Waals surface area contributed by atoms with Gasteiger partial charge in [0, 0.05) is 39.3 Å². The van der Waals surface area contributed by atoms with Gasteiger partial charge in [0.05, 0.1) is 7.11 Å². The van der Waals surface area contributed by atoms with Crippen molar-refractivity contribution in [2.24, 2.45) is 11.7 Å². The zero-order valence-corrected chi connectivity index (χ0v) is 11.5. The van der Waals surface area contributed by atoms with Crippen LogP contribution in [0.15, 0.2) is 0 Å². The number of nitrogens with two attached hydrogens (primary N) is 1. The molecule has 0 radical (unpaired) electrons. The molecule has 1 saturated heterocycles. The molecule has 5 nitrogen and oxygen atoms in total. The first-order valence-electron chi connectivity index (χ1n) is 6.83. The van der Waals surface area contributed by atoms with Crippen molar-refractivity contribution in [1.29, 1.82) is 0 Å². The molecule has 2 N–H and O–H groups in total. The van der Waals surface area contributed by atoms with Gasteiger partial charge in [-0.1, -0.05) is 0 Å². The van der Waals surface area contributed by atoms with Gasteiger partial charge in [0.1, 0.15) is 5.54 Å². The molecule has 0 spiro atoms. The number of esters is 1. The number of nitrogens with zero attached hydrogens (tertiary/aromatic N) is 2. The van der Waals surface area contributed by atoms with Crippen molar-refractivity contribution in [1.82, 2.24) is 9.80 Å². The van der Waals surface area contributed by atoms with Crippen LogP contribution in [0.5, 0.6) is 0 Å². The van der Waals surface area contributed by atoms with E-state index in [9.17, 15) is 4.79 Å². The molecule has 1 atom stereocenters. The van der Waals surface area contributed by atoms with E-state index in [2.05, 4.69) is 9.80 Å². The lowest BCUT2D eigenvalue weighted by atomic mass is 10.0. The van der Waals surface area contributed by atoms with E-state index in [1.165, 1.54) is 26.5 Å². The van der Waals surface area contributed by atoms with Gasteiger partial charge in [0.25, 0.3) is 0 Å². The molecule has 1 heterocycles. The summed E-state index contributed by atoms with van der Waals surface area (Å²) >= 11 is 0. The maximum atomic E-state index is 11.5. The Balaban J connectivity index is 1.73. The Kier molecular flexibility index (Phi) is 4.25. The quantitative estimate of drug-likeness (QED) is 0.696. The summed E-state index contributed by atoms with van der Waals surface area (Å²) in [5.41, 5.74) is 5.10. The van der Waals surface area contributed by atoms with E-state index in [-0.39, 0.29) is 5.97 Å². The van der Waals surface area contributed by atoms with Crippen LogP contribution in [0.3, 0.4) is 0 Å². The van der Waals surface area contributed by atoms with Crippen LogP contribution in [-0.4, -0.2) is 67.7 Å². The van der Waals surface area contributed by atoms with Gasteiger partial charge in [-0.05, 0) is 25.7 Å². The summed E-state index contributed by atoms with van der Waals surface area (Å²) in [6, 6.07) is 0. The Hall–Kier alpha value is -0.650.